The van der Waals surface area contributed by atoms with Crippen LogP contribution in [0.25, 0.3) is 10.2 Å². The molecule has 0 radical (unpaired) electrons. The van der Waals surface area contributed by atoms with E-state index in [0.29, 0.717) is 20.8 Å². The van der Waals surface area contributed by atoms with E-state index >= 15 is 0 Å². The summed E-state index contributed by atoms with van der Waals surface area (Å²) in [5, 5.41) is 2.93. The largest absolute Gasteiger partial charge is 0.331 e. The van der Waals surface area contributed by atoms with Crippen LogP contribution in [-0.4, -0.2) is 15.0 Å². The predicted molar refractivity (Wildman–Crippen MR) is 86.7 cm³/mol. The first kappa shape index (κ1) is 15.2. The van der Waals surface area contributed by atoms with Crippen molar-refractivity contribution in [2.75, 3.05) is 5.32 Å². The number of carbonyl (C=O) groups excluding carboxylic acids is 1. The molecule has 0 bridgehead atoms. The molecular formula is C15H12FN3O3S. The molecule has 2 heterocycles. The van der Waals surface area contributed by atoms with Crippen LogP contribution < -0.4 is 16.6 Å². The zero-order chi connectivity index (χ0) is 16.7. The summed E-state index contributed by atoms with van der Waals surface area (Å²) in [4.78, 5) is 37.0. The minimum atomic E-state index is -0.449. The van der Waals surface area contributed by atoms with Gasteiger partial charge >= 0.3 is 5.69 Å². The molecule has 0 saturated heterocycles. The van der Waals surface area contributed by atoms with Crippen molar-refractivity contribution in [3.63, 3.8) is 0 Å². The van der Waals surface area contributed by atoms with Crippen molar-refractivity contribution in [1.82, 2.24) is 9.13 Å². The lowest BCUT2D eigenvalue weighted by molar-refractivity contribution is 0.103. The van der Waals surface area contributed by atoms with E-state index in [0.717, 1.165) is 15.9 Å². The van der Waals surface area contributed by atoms with E-state index in [1.54, 1.807) is 7.05 Å². The Morgan fingerprint density at radius 2 is 1.78 bits per heavy atom. The summed E-state index contributed by atoms with van der Waals surface area (Å²) >= 11 is 1.05. The van der Waals surface area contributed by atoms with Gasteiger partial charge in [0.2, 0.25) is 0 Å². The molecular weight excluding hydrogens is 321 g/mol. The van der Waals surface area contributed by atoms with Gasteiger partial charge in [-0.15, -0.1) is 11.3 Å². The molecule has 3 aromatic rings. The third-order valence-corrected chi connectivity index (χ3v) is 4.66. The van der Waals surface area contributed by atoms with Crippen LogP contribution in [0, 0.1) is 5.82 Å². The van der Waals surface area contributed by atoms with Crippen LogP contribution in [0.4, 0.5) is 10.1 Å². The number of anilines is 1. The third kappa shape index (κ3) is 2.57. The summed E-state index contributed by atoms with van der Waals surface area (Å²) in [5.74, 6) is -0.823. The molecule has 0 atom stereocenters. The number of fused-ring (bicyclic) bond motifs is 1. The molecule has 0 aliphatic carbocycles. The lowest BCUT2D eigenvalue weighted by atomic mass is 10.3. The molecule has 0 aliphatic rings. The number of thiophene rings is 1. The Morgan fingerprint density at radius 1 is 1.13 bits per heavy atom. The number of nitrogens with zero attached hydrogens (tertiary/aromatic N) is 2. The second kappa shape index (κ2) is 5.47. The lowest BCUT2D eigenvalue weighted by Gasteiger charge is -2.02. The molecule has 3 rings (SSSR count). The maximum atomic E-state index is 12.9. The van der Waals surface area contributed by atoms with E-state index in [2.05, 4.69) is 5.32 Å². The van der Waals surface area contributed by atoms with Gasteiger partial charge in [-0.25, -0.2) is 9.18 Å². The second-order valence-electron chi connectivity index (χ2n) is 5.00. The molecule has 23 heavy (non-hydrogen) atoms. The SMILES string of the molecule is Cn1c(=O)c2cc(C(=O)Nc3ccc(F)cc3)sc2n(C)c1=O. The average molecular weight is 333 g/mol. The van der Waals surface area contributed by atoms with Crippen LogP contribution in [-0.2, 0) is 14.1 Å². The molecule has 1 amide bonds. The fourth-order valence-corrected chi connectivity index (χ4v) is 3.20. The number of halogens is 1. The van der Waals surface area contributed by atoms with Crippen molar-refractivity contribution < 1.29 is 9.18 Å². The van der Waals surface area contributed by atoms with Gasteiger partial charge in [-0.3, -0.25) is 18.7 Å². The molecule has 0 fully saturated rings. The predicted octanol–water partition coefficient (Wildman–Crippen LogP) is 1.69. The number of nitrogens with one attached hydrogen (secondary N) is 1. The molecule has 8 heteroatoms. The van der Waals surface area contributed by atoms with Gasteiger partial charge in [-0.1, -0.05) is 0 Å². The van der Waals surface area contributed by atoms with Gasteiger partial charge < -0.3 is 5.32 Å². The first-order valence-electron chi connectivity index (χ1n) is 6.65. The standard InChI is InChI=1S/C15H12FN3O3S/c1-18-13(21)10-7-11(23-14(10)19(2)15(18)22)12(20)17-9-5-3-8(16)4-6-9/h3-7H,1-2H3,(H,17,20). The van der Waals surface area contributed by atoms with Crippen LogP contribution in [0.2, 0.25) is 0 Å². The Kier molecular flexibility index (Phi) is 3.61. The van der Waals surface area contributed by atoms with E-state index in [1.807, 2.05) is 0 Å². The Morgan fingerprint density at radius 3 is 2.43 bits per heavy atom. The Bertz CT molecular complexity index is 1030. The van der Waals surface area contributed by atoms with Crippen molar-refractivity contribution in [2.24, 2.45) is 14.1 Å². The Labute approximate surface area is 133 Å². The maximum absolute atomic E-state index is 12.9. The lowest BCUT2D eigenvalue weighted by Crippen LogP contribution is -2.36. The zero-order valence-electron chi connectivity index (χ0n) is 12.3. The summed E-state index contributed by atoms with van der Waals surface area (Å²) in [6, 6.07) is 6.81. The normalized spacial score (nSPS) is 10.9. The minimum absolute atomic E-state index is 0.294. The van der Waals surface area contributed by atoms with E-state index in [4.69, 9.17) is 0 Å². The van der Waals surface area contributed by atoms with Crippen LogP contribution in [0.15, 0.2) is 39.9 Å². The highest BCUT2D eigenvalue weighted by atomic mass is 32.1. The number of aromatic nitrogens is 2. The number of hydrogen-bond donors (Lipinski definition) is 1. The van der Waals surface area contributed by atoms with Crippen molar-refractivity contribution >= 4 is 33.1 Å². The zero-order valence-corrected chi connectivity index (χ0v) is 13.1. The smallest absolute Gasteiger partial charge is 0.321 e. The molecule has 1 N–H and O–H groups in total. The summed E-state index contributed by atoms with van der Waals surface area (Å²) in [6.07, 6.45) is 0. The van der Waals surface area contributed by atoms with Gasteiger partial charge in [0, 0.05) is 19.8 Å². The minimum Gasteiger partial charge on any atom is -0.321 e. The van der Waals surface area contributed by atoms with Crippen LogP contribution in [0.1, 0.15) is 9.67 Å². The summed E-state index contributed by atoms with van der Waals surface area (Å²) in [5.41, 5.74) is -0.453. The summed E-state index contributed by atoms with van der Waals surface area (Å²) < 4.78 is 15.2. The van der Waals surface area contributed by atoms with Gasteiger partial charge in [0.1, 0.15) is 10.6 Å². The van der Waals surface area contributed by atoms with Gasteiger partial charge in [0.05, 0.1) is 10.3 Å². The fraction of sp³-hybridized carbons (Fsp3) is 0.133. The first-order chi connectivity index (χ1) is 10.9. The third-order valence-electron chi connectivity index (χ3n) is 3.45. The van der Waals surface area contributed by atoms with Crippen molar-refractivity contribution in [3.8, 4) is 0 Å². The van der Waals surface area contributed by atoms with Crippen molar-refractivity contribution in [1.29, 1.82) is 0 Å². The van der Waals surface area contributed by atoms with Crippen molar-refractivity contribution in [2.45, 2.75) is 0 Å². The monoisotopic (exact) mass is 333 g/mol. The number of benzene rings is 1. The average Bonchev–Trinajstić information content (AvgIpc) is 2.98. The van der Waals surface area contributed by atoms with Gasteiger partial charge in [-0.05, 0) is 30.3 Å². The second-order valence-corrected chi connectivity index (χ2v) is 6.03. The number of aryl methyl sites for hydroxylation is 1. The van der Waals surface area contributed by atoms with Gasteiger partial charge in [-0.2, -0.15) is 0 Å². The van der Waals surface area contributed by atoms with Crippen molar-refractivity contribution in [3.05, 3.63) is 61.9 Å². The molecule has 0 unspecified atom stereocenters. The molecule has 0 saturated carbocycles. The molecule has 6 nitrogen and oxygen atoms in total. The van der Waals surface area contributed by atoms with Gasteiger partial charge in [0.15, 0.2) is 0 Å². The van der Waals surface area contributed by atoms with Crippen LogP contribution in [0.5, 0.6) is 0 Å². The van der Waals surface area contributed by atoms with E-state index < -0.39 is 23.0 Å². The number of amides is 1. The van der Waals surface area contributed by atoms with E-state index in [-0.39, 0.29) is 0 Å². The quantitative estimate of drug-likeness (QED) is 0.776. The van der Waals surface area contributed by atoms with Crippen LogP contribution in [0.3, 0.4) is 0 Å². The first-order valence-corrected chi connectivity index (χ1v) is 7.46. The molecule has 0 spiro atoms. The molecule has 118 valence electrons. The molecule has 1 aromatic carbocycles. The van der Waals surface area contributed by atoms with Gasteiger partial charge in [0.25, 0.3) is 11.5 Å². The summed E-state index contributed by atoms with van der Waals surface area (Å²) in [7, 11) is 2.93. The fourth-order valence-electron chi connectivity index (χ4n) is 2.20. The van der Waals surface area contributed by atoms with E-state index in [9.17, 15) is 18.8 Å². The number of rotatable bonds is 2. The Balaban J connectivity index is 2.04. The number of hydrogen-bond acceptors (Lipinski definition) is 4. The molecule has 2 aromatic heterocycles. The maximum Gasteiger partial charge on any atom is 0.331 e. The van der Waals surface area contributed by atoms with E-state index in [1.165, 1.54) is 41.9 Å². The highest BCUT2D eigenvalue weighted by molar-refractivity contribution is 7.20. The number of carbonyl (C=O) groups is 1. The highest BCUT2D eigenvalue weighted by Gasteiger charge is 2.16. The highest BCUT2D eigenvalue weighted by Crippen LogP contribution is 2.22. The van der Waals surface area contributed by atoms with Crippen LogP contribution >= 0.6 is 11.3 Å². The topological polar surface area (TPSA) is 73.1 Å². The molecule has 0 aliphatic heterocycles. The summed E-state index contributed by atoms with van der Waals surface area (Å²) in [6.45, 7) is 0. The Hall–Kier alpha value is -2.74.